The van der Waals surface area contributed by atoms with Gasteiger partial charge in [-0.15, -0.1) is 13.2 Å². The van der Waals surface area contributed by atoms with Crippen molar-refractivity contribution in [3.05, 3.63) is 34.4 Å². The van der Waals surface area contributed by atoms with Gasteiger partial charge in [-0.1, -0.05) is 21.8 Å². The standard InChI is InChI=1S/C20H20ClF3N5O5Si/c21-14-2-1-12-7-13(10-32-16(12)8-14)17(30)29-35-6-3-15(26-11-35)9-25-18-27-28-19(34-18)31-4-5-33-20(22,23)24/h1-2,7-9,15,26H,3-6,10-11H2,(H,29,30). The van der Waals surface area contributed by atoms with Gasteiger partial charge in [-0.3, -0.25) is 9.53 Å². The van der Waals surface area contributed by atoms with Gasteiger partial charge >= 0.3 is 18.5 Å². The molecule has 1 unspecified atom stereocenters. The highest BCUT2D eigenvalue weighted by atomic mass is 35.5. The van der Waals surface area contributed by atoms with Gasteiger partial charge in [0, 0.05) is 29.0 Å². The first kappa shape index (κ1) is 25.2. The summed E-state index contributed by atoms with van der Waals surface area (Å²) >= 11 is 5.97. The van der Waals surface area contributed by atoms with Crippen molar-refractivity contribution >= 4 is 44.8 Å². The first-order chi connectivity index (χ1) is 16.7. The third kappa shape index (κ3) is 7.52. The van der Waals surface area contributed by atoms with Crippen LogP contribution in [0.2, 0.25) is 11.1 Å². The molecule has 2 aliphatic heterocycles. The molecule has 1 atom stereocenters. The lowest BCUT2D eigenvalue weighted by Crippen LogP contribution is -2.53. The summed E-state index contributed by atoms with van der Waals surface area (Å²) in [5, 5.41) is 11.1. The van der Waals surface area contributed by atoms with Gasteiger partial charge in [0.1, 0.15) is 19.0 Å². The Kier molecular flexibility index (Phi) is 8.05. The second-order valence-electron chi connectivity index (χ2n) is 7.50. The number of aliphatic imine (C=N–C) groups is 1. The van der Waals surface area contributed by atoms with E-state index in [2.05, 4.69) is 30.2 Å². The Morgan fingerprint density at radius 1 is 1.37 bits per heavy atom. The molecule has 10 nitrogen and oxygen atoms in total. The zero-order valence-electron chi connectivity index (χ0n) is 18.1. The summed E-state index contributed by atoms with van der Waals surface area (Å²) in [6.45, 7) is -0.929. The zero-order chi connectivity index (χ0) is 24.8. The predicted octanol–water partition coefficient (Wildman–Crippen LogP) is 2.83. The maximum atomic E-state index is 12.7. The van der Waals surface area contributed by atoms with Gasteiger partial charge in [0.2, 0.25) is 5.91 Å². The minimum Gasteiger partial charge on any atom is -0.488 e. The van der Waals surface area contributed by atoms with Gasteiger partial charge in [0.05, 0.1) is 12.2 Å². The van der Waals surface area contributed by atoms with E-state index in [-0.39, 0.29) is 30.6 Å². The second-order valence-corrected chi connectivity index (χ2v) is 10.2. The van der Waals surface area contributed by atoms with E-state index >= 15 is 0 Å². The summed E-state index contributed by atoms with van der Waals surface area (Å²) in [4.78, 5) is 19.8. The molecule has 1 radical (unpaired) electrons. The van der Waals surface area contributed by atoms with E-state index in [1.54, 1.807) is 18.3 Å². The molecule has 187 valence electrons. The summed E-state index contributed by atoms with van der Waals surface area (Å²) in [6, 6.07) is 5.94. The SMILES string of the molecule is O=C(N[Si]1CCC(C=Nc2nnc(OCCOC(F)(F)F)o2)NC1)C1=Cc2ccc(Cl)cc2OC1. The van der Waals surface area contributed by atoms with Crippen molar-refractivity contribution in [2.75, 3.05) is 26.0 Å². The summed E-state index contributed by atoms with van der Waals surface area (Å²) in [7, 11) is -1.17. The van der Waals surface area contributed by atoms with E-state index in [0.29, 0.717) is 22.5 Å². The Hall–Kier alpha value is -2.94. The number of fused-ring (bicyclic) bond motifs is 1. The topological polar surface area (TPSA) is 120 Å². The normalized spacial score (nSPS) is 18.6. The Morgan fingerprint density at radius 2 is 2.23 bits per heavy atom. The molecule has 0 bridgehead atoms. The molecule has 0 saturated carbocycles. The minimum atomic E-state index is -4.73. The van der Waals surface area contributed by atoms with Gasteiger partial charge in [0.15, 0.2) is 8.96 Å². The predicted molar refractivity (Wildman–Crippen MR) is 120 cm³/mol. The fraction of sp³-hybridized carbons (Fsp3) is 0.400. The zero-order valence-corrected chi connectivity index (χ0v) is 19.9. The highest BCUT2D eigenvalue weighted by Crippen LogP contribution is 2.29. The molecule has 1 amide bonds. The molecule has 35 heavy (non-hydrogen) atoms. The molecule has 2 N–H and O–H groups in total. The number of hydrogen-bond acceptors (Lipinski definition) is 9. The molecule has 15 heteroatoms. The molecular formula is C20H20ClF3N5O5Si. The van der Waals surface area contributed by atoms with Crippen LogP contribution in [0, 0.1) is 0 Å². The Morgan fingerprint density at radius 3 is 3.00 bits per heavy atom. The van der Waals surface area contributed by atoms with Crippen LogP contribution in [0.5, 0.6) is 11.8 Å². The molecule has 2 aliphatic rings. The van der Waals surface area contributed by atoms with Crippen LogP contribution in [0.4, 0.5) is 19.2 Å². The van der Waals surface area contributed by atoms with E-state index in [1.807, 2.05) is 12.1 Å². The summed E-state index contributed by atoms with van der Waals surface area (Å²) in [5.41, 5.74) is 1.37. The first-order valence-electron chi connectivity index (χ1n) is 10.5. The van der Waals surface area contributed by atoms with Crippen LogP contribution in [-0.2, 0) is 9.53 Å². The fourth-order valence-electron chi connectivity index (χ4n) is 3.27. The number of alkyl halides is 3. The molecule has 1 saturated heterocycles. The van der Waals surface area contributed by atoms with Gasteiger partial charge in [-0.25, -0.2) is 4.99 Å². The number of carbonyl (C=O) groups is 1. The minimum absolute atomic E-state index is 0.0639. The van der Waals surface area contributed by atoms with Crippen molar-refractivity contribution in [1.82, 2.24) is 20.5 Å². The second kappa shape index (κ2) is 11.2. The summed E-state index contributed by atoms with van der Waals surface area (Å²) in [5.74, 6) is 0.507. The molecule has 0 aliphatic carbocycles. The number of carbonyl (C=O) groups excluding carboxylic acids is 1. The van der Waals surface area contributed by atoms with E-state index in [9.17, 15) is 18.0 Å². The number of nitrogens with zero attached hydrogens (tertiary/aromatic N) is 3. The van der Waals surface area contributed by atoms with Crippen molar-refractivity contribution in [1.29, 1.82) is 0 Å². The van der Waals surface area contributed by atoms with Gasteiger partial charge in [-0.05, 0) is 36.7 Å². The van der Waals surface area contributed by atoms with E-state index in [1.165, 1.54) is 0 Å². The lowest BCUT2D eigenvalue weighted by molar-refractivity contribution is -0.325. The maximum Gasteiger partial charge on any atom is 0.522 e. The number of hydrogen-bond donors (Lipinski definition) is 2. The first-order valence-corrected chi connectivity index (χ1v) is 12.8. The van der Waals surface area contributed by atoms with Crippen molar-refractivity contribution in [3.63, 3.8) is 0 Å². The fourth-order valence-corrected chi connectivity index (χ4v) is 5.47. The number of nitrogens with one attached hydrogen (secondary N) is 2. The van der Waals surface area contributed by atoms with Crippen LogP contribution in [0.15, 0.2) is 33.2 Å². The quantitative estimate of drug-likeness (QED) is 0.304. The molecule has 1 fully saturated rings. The van der Waals surface area contributed by atoms with Crippen LogP contribution in [-0.4, -0.2) is 69.7 Å². The number of rotatable bonds is 8. The van der Waals surface area contributed by atoms with E-state index in [0.717, 1.165) is 18.0 Å². The van der Waals surface area contributed by atoms with Crippen LogP contribution >= 0.6 is 11.6 Å². The smallest absolute Gasteiger partial charge is 0.488 e. The Labute approximate surface area is 204 Å². The molecule has 2 aromatic rings. The lowest BCUT2D eigenvalue weighted by Gasteiger charge is -2.27. The van der Waals surface area contributed by atoms with Gasteiger partial charge < -0.3 is 24.2 Å². The number of halogens is 4. The monoisotopic (exact) mass is 530 g/mol. The van der Waals surface area contributed by atoms with Crippen LogP contribution in [0.3, 0.4) is 0 Å². The number of ether oxygens (including phenoxy) is 3. The summed E-state index contributed by atoms with van der Waals surface area (Å²) < 4.78 is 54.9. The number of benzene rings is 1. The highest BCUT2D eigenvalue weighted by Gasteiger charge is 2.29. The van der Waals surface area contributed by atoms with Gasteiger partial charge in [0.25, 0.3) is 0 Å². The van der Waals surface area contributed by atoms with Crippen molar-refractivity contribution in [3.8, 4) is 11.8 Å². The van der Waals surface area contributed by atoms with E-state index in [4.69, 9.17) is 25.5 Å². The van der Waals surface area contributed by atoms with Crippen LogP contribution < -0.4 is 19.8 Å². The van der Waals surface area contributed by atoms with Crippen molar-refractivity contribution in [2.24, 2.45) is 4.99 Å². The average Bonchev–Trinajstić information content (AvgIpc) is 3.28. The highest BCUT2D eigenvalue weighted by molar-refractivity contribution is 6.60. The third-order valence-corrected chi connectivity index (χ3v) is 7.28. The van der Waals surface area contributed by atoms with Gasteiger partial charge in [-0.2, -0.15) is 0 Å². The van der Waals surface area contributed by atoms with Crippen LogP contribution in [0.1, 0.15) is 12.0 Å². The summed E-state index contributed by atoms with van der Waals surface area (Å²) in [6.07, 6.45) is -0.256. The maximum absolute atomic E-state index is 12.7. The third-order valence-electron chi connectivity index (χ3n) is 4.94. The van der Waals surface area contributed by atoms with E-state index < -0.39 is 28.5 Å². The molecular weight excluding hydrogens is 511 g/mol. The Bertz CT molecular complexity index is 1110. The molecule has 4 rings (SSSR count). The largest absolute Gasteiger partial charge is 0.522 e. The molecule has 1 aromatic heterocycles. The van der Waals surface area contributed by atoms with Crippen molar-refractivity contribution < 1.29 is 36.6 Å². The lowest BCUT2D eigenvalue weighted by atomic mass is 10.1. The molecule has 0 spiro atoms. The number of amides is 1. The molecule has 3 heterocycles. The molecule has 1 aromatic carbocycles. The number of aromatic nitrogens is 2. The van der Waals surface area contributed by atoms with Crippen LogP contribution in [0.25, 0.3) is 6.08 Å². The Balaban J connectivity index is 1.19. The average molecular weight is 531 g/mol. The van der Waals surface area contributed by atoms with Crippen molar-refractivity contribution in [2.45, 2.75) is 24.9 Å².